The zero-order valence-electron chi connectivity index (χ0n) is 11.6. The van der Waals surface area contributed by atoms with Gasteiger partial charge in [-0.25, -0.2) is 0 Å². The third-order valence-corrected chi connectivity index (χ3v) is 2.92. The lowest BCUT2D eigenvalue weighted by atomic mass is 10.1. The van der Waals surface area contributed by atoms with Crippen molar-refractivity contribution in [3.05, 3.63) is 47.3 Å². The van der Waals surface area contributed by atoms with E-state index in [1.807, 2.05) is 49.0 Å². The first-order chi connectivity index (χ1) is 9.58. The maximum absolute atomic E-state index is 8.52. The molecule has 1 aromatic heterocycles. The number of aryl methyl sites for hydroxylation is 2. The molecule has 0 aliphatic rings. The summed E-state index contributed by atoms with van der Waals surface area (Å²) in [5.41, 5.74) is 8.41. The Balaban J connectivity index is 1.95. The maximum atomic E-state index is 8.52. The van der Waals surface area contributed by atoms with Crippen molar-refractivity contribution < 1.29 is 9.94 Å². The van der Waals surface area contributed by atoms with Gasteiger partial charge in [0.15, 0.2) is 0 Å². The molecule has 0 unspecified atom stereocenters. The Bertz CT molecular complexity index is 602. The highest BCUT2D eigenvalue weighted by Crippen LogP contribution is 2.15. The van der Waals surface area contributed by atoms with Crippen LogP contribution in [0.25, 0.3) is 0 Å². The lowest BCUT2D eigenvalue weighted by Crippen LogP contribution is -2.14. The minimum Gasteiger partial charge on any atom is -0.487 e. The molecule has 0 amide bonds. The topological polar surface area (TPSA) is 85.7 Å². The third kappa shape index (κ3) is 3.50. The van der Waals surface area contributed by atoms with Gasteiger partial charge in [-0.05, 0) is 30.7 Å². The van der Waals surface area contributed by atoms with Crippen LogP contribution in [-0.2, 0) is 20.1 Å². The average molecular weight is 274 g/mol. The van der Waals surface area contributed by atoms with Crippen molar-refractivity contribution in [1.82, 2.24) is 9.78 Å². The smallest absolute Gasteiger partial charge is 0.143 e. The van der Waals surface area contributed by atoms with E-state index in [9.17, 15) is 0 Å². The molecule has 0 bridgehead atoms. The largest absolute Gasteiger partial charge is 0.487 e. The number of oxime groups is 1. The fourth-order valence-electron chi connectivity index (χ4n) is 1.90. The van der Waals surface area contributed by atoms with Crippen molar-refractivity contribution in [2.45, 2.75) is 20.0 Å². The first-order valence-corrected chi connectivity index (χ1v) is 6.26. The summed E-state index contributed by atoms with van der Waals surface area (Å²) in [6.07, 6.45) is 0.414. The zero-order chi connectivity index (χ0) is 14.5. The Morgan fingerprint density at radius 2 is 2.10 bits per heavy atom. The van der Waals surface area contributed by atoms with Crippen molar-refractivity contribution in [2.75, 3.05) is 0 Å². The predicted molar refractivity (Wildman–Crippen MR) is 75.8 cm³/mol. The van der Waals surface area contributed by atoms with Gasteiger partial charge in [0, 0.05) is 13.5 Å². The van der Waals surface area contributed by atoms with Gasteiger partial charge in [0.1, 0.15) is 18.2 Å². The van der Waals surface area contributed by atoms with Crippen molar-refractivity contribution >= 4 is 5.84 Å². The van der Waals surface area contributed by atoms with Crippen LogP contribution in [0.15, 0.2) is 35.5 Å². The lowest BCUT2D eigenvalue weighted by molar-refractivity contribution is 0.295. The molecule has 0 aliphatic carbocycles. The number of nitrogens with two attached hydrogens (primary N) is 1. The second-order valence-electron chi connectivity index (χ2n) is 4.60. The van der Waals surface area contributed by atoms with Gasteiger partial charge in [0.25, 0.3) is 0 Å². The molecular weight excluding hydrogens is 256 g/mol. The standard InChI is InChI=1S/C14H18N4O2/c1-10-7-12(18(2)16-10)9-20-13-5-3-11(4-6-13)8-14(15)17-19/h3-7,19H,8-9H2,1-2H3,(H2,15,17). The fourth-order valence-corrected chi connectivity index (χ4v) is 1.90. The van der Waals surface area contributed by atoms with E-state index in [0.29, 0.717) is 13.0 Å². The van der Waals surface area contributed by atoms with Gasteiger partial charge in [0.05, 0.1) is 11.4 Å². The molecule has 0 saturated heterocycles. The van der Waals surface area contributed by atoms with E-state index < -0.39 is 0 Å². The summed E-state index contributed by atoms with van der Waals surface area (Å²) in [5.74, 6) is 0.955. The van der Waals surface area contributed by atoms with Crippen molar-refractivity contribution in [2.24, 2.45) is 17.9 Å². The van der Waals surface area contributed by atoms with Crippen LogP contribution in [0.4, 0.5) is 0 Å². The van der Waals surface area contributed by atoms with Crippen LogP contribution < -0.4 is 10.5 Å². The molecule has 106 valence electrons. The number of hydrogen-bond acceptors (Lipinski definition) is 4. The van der Waals surface area contributed by atoms with Crippen LogP contribution in [0, 0.1) is 6.92 Å². The van der Waals surface area contributed by atoms with Gasteiger partial charge in [-0.2, -0.15) is 5.10 Å². The molecule has 0 saturated carbocycles. The Hall–Kier alpha value is -2.50. The first kappa shape index (κ1) is 13.9. The van der Waals surface area contributed by atoms with Crippen LogP contribution in [0.1, 0.15) is 17.0 Å². The second kappa shape index (κ2) is 6.10. The quantitative estimate of drug-likeness (QED) is 0.375. The highest BCUT2D eigenvalue weighted by molar-refractivity contribution is 5.82. The number of benzene rings is 1. The summed E-state index contributed by atoms with van der Waals surface area (Å²) in [4.78, 5) is 0. The molecule has 6 nitrogen and oxygen atoms in total. The molecule has 0 fully saturated rings. The molecule has 0 aliphatic heterocycles. The van der Waals surface area contributed by atoms with Gasteiger partial charge in [-0.1, -0.05) is 17.3 Å². The van der Waals surface area contributed by atoms with Crippen LogP contribution in [0.3, 0.4) is 0 Å². The summed E-state index contributed by atoms with van der Waals surface area (Å²) >= 11 is 0. The highest BCUT2D eigenvalue weighted by atomic mass is 16.5. The number of nitrogens with zero attached hydrogens (tertiary/aromatic N) is 3. The normalized spacial score (nSPS) is 11.6. The fraction of sp³-hybridized carbons (Fsp3) is 0.286. The summed E-state index contributed by atoms with van der Waals surface area (Å²) < 4.78 is 7.51. The molecule has 6 heteroatoms. The number of ether oxygens (including phenoxy) is 1. The minimum atomic E-state index is 0.184. The Morgan fingerprint density at radius 3 is 2.65 bits per heavy atom. The monoisotopic (exact) mass is 274 g/mol. The average Bonchev–Trinajstić information content (AvgIpc) is 2.76. The SMILES string of the molecule is Cc1cc(COc2ccc(CC(N)=NO)cc2)n(C)n1. The molecule has 2 rings (SSSR count). The molecule has 0 spiro atoms. The maximum Gasteiger partial charge on any atom is 0.143 e. The molecule has 20 heavy (non-hydrogen) atoms. The van der Waals surface area contributed by atoms with E-state index in [0.717, 1.165) is 22.7 Å². The Labute approximate surface area is 117 Å². The van der Waals surface area contributed by atoms with E-state index in [2.05, 4.69) is 10.3 Å². The van der Waals surface area contributed by atoms with E-state index in [4.69, 9.17) is 15.7 Å². The van der Waals surface area contributed by atoms with Crippen molar-refractivity contribution in [3.63, 3.8) is 0 Å². The Morgan fingerprint density at radius 1 is 1.40 bits per heavy atom. The molecule has 3 N–H and O–H groups in total. The van der Waals surface area contributed by atoms with Crippen LogP contribution in [0.2, 0.25) is 0 Å². The van der Waals surface area contributed by atoms with Crippen molar-refractivity contribution in [3.8, 4) is 5.75 Å². The molecular formula is C14H18N4O2. The van der Waals surface area contributed by atoms with E-state index in [1.165, 1.54) is 0 Å². The highest BCUT2D eigenvalue weighted by Gasteiger charge is 2.03. The number of amidine groups is 1. The molecule has 0 atom stereocenters. The van der Waals surface area contributed by atoms with Gasteiger partial charge in [0.2, 0.25) is 0 Å². The summed E-state index contributed by atoms with van der Waals surface area (Å²) in [6.45, 7) is 2.42. The van der Waals surface area contributed by atoms with Crippen LogP contribution in [-0.4, -0.2) is 20.8 Å². The molecule has 1 heterocycles. The molecule has 1 aromatic carbocycles. The van der Waals surface area contributed by atoms with Crippen LogP contribution >= 0.6 is 0 Å². The molecule has 0 radical (unpaired) electrons. The van der Waals surface area contributed by atoms with Gasteiger partial charge in [-0.15, -0.1) is 0 Å². The zero-order valence-corrected chi connectivity index (χ0v) is 11.6. The van der Waals surface area contributed by atoms with E-state index in [-0.39, 0.29) is 5.84 Å². The van der Waals surface area contributed by atoms with Gasteiger partial charge >= 0.3 is 0 Å². The summed E-state index contributed by atoms with van der Waals surface area (Å²) in [7, 11) is 1.89. The summed E-state index contributed by atoms with van der Waals surface area (Å²) in [6, 6.07) is 9.50. The van der Waals surface area contributed by atoms with E-state index >= 15 is 0 Å². The number of hydrogen-bond donors (Lipinski definition) is 2. The second-order valence-corrected chi connectivity index (χ2v) is 4.60. The minimum absolute atomic E-state index is 0.184. The van der Waals surface area contributed by atoms with Gasteiger partial charge < -0.3 is 15.7 Å². The predicted octanol–water partition coefficient (Wildman–Crippen LogP) is 1.60. The van der Waals surface area contributed by atoms with Crippen molar-refractivity contribution in [1.29, 1.82) is 0 Å². The van der Waals surface area contributed by atoms with Crippen LogP contribution in [0.5, 0.6) is 5.75 Å². The first-order valence-electron chi connectivity index (χ1n) is 6.26. The number of aromatic nitrogens is 2. The Kier molecular flexibility index (Phi) is 4.24. The third-order valence-electron chi connectivity index (χ3n) is 2.92. The number of rotatable bonds is 5. The molecule has 2 aromatic rings. The lowest BCUT2D eigenvalue weighted by Gasteiger charge is -2.07. The summed E-state index contributed by atoms with van der Waals surface area (Å²) in [5, 5.41) is 15.7. The van der Waals surface area contributed by atoms with Gasteiger partial charge in [-0.3, -0.25) is 4.68 Å². The van der Waals surface area contributed by atoms with E-state index in [1.54, 1.807) is 0 Å².